The Morgan fingerprint density at radius 3 is 2.69 bits per heavy atom. The summed E-state index contributed by atoms with van der Waals surface area (Å²) in [5.41, 5.74) is 5.54. The average molecular weight is 363 g/mol. The molecule has 132 valence electrons. The Bertz CT molecular complexity index is 990. The molecule has 4 rings (SSSR count). The minimum atomic E-state index is 0.0487. The van der Waals surface area contributed by atoms with Gasteiger partial charge < -0.3 is 9.64 Å². The maximum Gasteiger partial charge on any atom is 0.268 e. The van der Waals surface area contributed by atoms with Crippen molar-refractivity contribution >= 4 is 22.9 Å². The Labute approximate surface area is 157 Å². The molecule has 0 bridgehead atoms. The number of nitrogens with zero attached hydrogens (tertiary/aromatic N) is 1. The first-order valence-corrected chi connectivity index (χ1v) is 9.64. The summed E-state index contributed by atoms with van der Waals surface area (Å²) in [5.74, 6) is 0.940. The molecule has 26 heavy (non-hydrogen) atoms. The fourth-order valence-corrected chi connectivity index (χ4v) is 4.42. The van der Waals surface area contributed by atoms with Crippen LogP contribution in [0.1, 0.15) is 33.3 Å². The number of carbonyl (C=O) groups excluding carboxylic acids is 1. The number of aryl methyl sites for hydroxylation is 2. The number of ether oxygens (including phenoxy) is 1. The summed E-state index contributed by atoms with van der Waals surface area (Å²) in [6.07, 6.45) is 0. The Hall–Kier alpha value is -2.59. The van der Waals surface area contributed by atoms with Gasteiger partial charge in [0.1, 0.15) is 12.4 Å². The van der Waals surface area contributed by atoms with E-state index >= 15 is 0 Å². The highest BCUT2D eigenvalue weighted by atomic mass is 32.1. The molecule has 0 aliphatic carbocycles. The monoisotopic (exact) mass is 363 g/mol. The molecule has 2 aromatic carbocycles. The molecule has 0 saturated carbocycles. The zero-order valence-corrected chi connectivity index (χ0v) is 16.0. The molecule has 0 atom stereocenters. The molecule has 0 radical (unpaired) electrons. The standard InChI is InChI=1S/C22H21NO2S/c1-4-23(17-10-9-14(2)15(3)11-17)22(24)20-12-16-13-25-19-8-6-5-7-18(19)21(16)26-20/h5-12H,4,13H2,1-3H3. The third kappa shape index (κ3) is 2.80. The van der Waals surface area contributed by atoms with Gasteiger partial charge in [0.2, 0.25) is 0 Å². The molecule has 2 heterocycles. The van der Waals surface area contributed by atoms with Crippen LogP contribution in [-0.4, -0.2) is 12.5 Å². The first-order valence-electron chi connectivity index (χ1n) is 8.82. The van der Waals surface area contributed by atoms with E-state index in [1.807, 2.05) is 42.2 Å². The first kappa shape index (κ1) is 16.9. The molecule has 1 amide bonds. The smallest absolute Gasteiger partial charge is 0.268 e. The molecular formula is C22H21NO2S. The van der Waals surface area contributed by atoms with E-state index in [0.717, 1.165) is 32.3 Å². The van der Waals surface area contributed by atoms with Gasteiger partial charge in [-0.05, 0) is 62.2 Å². The van der Waals surface area contributed by atoms with E-state index in [9.17, 15) is 4.79 Å². The van der Waals surface area contributed by atoms with Gasteiger partial charge in [-0.25, -0.2) is 0 Å². The van der Waals surface area contributed by atoms with Crippen molar-refractivity contribution in [3.8, 4) is 16.2 Å². The quantitative estimate of drug-likeness (QED) is 0.607. The van der Waals surface area contributed by atoms with E-state index in [2.05, 4.69) is 32.0 Å². The number of fused-ring (bicyclic) bond motifs is 3. The summed E-state index contributed by atoms with van der Waals surface area (Å²) in [5, 5.41) is 0. The molecule has 0 N–H and O–H groups in total. The van der Waals surface area contributed by atoms with Crippen LogP contribution in [0.2, 0.25) is 0 Å². The number of rotatable bonds is 3. The van der Waals surface area contributed by atoms with E-state index in [-0.39, 0.29) is 5.91 Å². The lowest BCUT2D eigenvalue weighted by Gasteiger charge is -2.21. The molecule has 4 heteroatoms. The van der Waals surface area contributed by atoms with Crippen LogP contribution in [0.4, 0.5) is 5.69 Å². The van der Waals surface area contributed by atoms with Gasteiger partial charge in [0, 0.05) is 28.2 Å². The van der Waals surface area contributed by atoms with Gasteiger partial charge in [0.25, 0.3) is 5.91 Å². The van der Waals surface area contributed by atoms with E-state index in [4.69, 9.17) is 4.74 Å². The van der Waals surface area contributed by atoms with E-state index in [1.54, 1.807) is 11.3 Å². The van der Waals surface area contributed by atoms with Gasteiger partial charge in [0.05, 0.1) is 4.88 Å². The van der Waals surface area contributed by atoms with Crippen molar-refractivity contribution in [2.75, 3.05) is 11.4 Å². The molecular weight excluding hydrogens is 342 g/mol. The summed E-state index contributed by atoms with van der Waals surface area (Å²) in [7, 11) is 0. The molecule has 0 fully saturated rings. The van der Waals surface area contributed by atoms with Crippen molar-refractivity contribution in [2.45, 2.75) is 27.4 Å². The number of hydrogen-bond donors (Lipinski definition) is 0. The van der Waals surface area contributed by atoms with Gasteiger partial charge in [-0.1, -0.05) is 18.2 Å². The Morgan fingerprint density at radius 2 is 1.92 bits per heavy atom. The molecule has 3 nitrogen and oxygen atoms in total. The minimum Gasteiger partial charge on any atom is -0.488 e. The lowest BCUT2D eigenvalue weighted by molar-refractivity contribution is 0.0992. The van der Waals surface area contributed by atoms with Crippen LogP contribution < -0.4 is 9.64 Å². The van der Waals surface area contributed by atoms with Crippen LogP contribution >= 0.6 is 11.3 Å². The largest absolute Gasteiger partial charge is 0.488 e. The second-order valence-electron chi connectivity index (χ2n) is 6.57. The highest BCUT2D eigenvalue weighted by molar-refractivity contribution is 7.17. The van der Waals surface area contributed by atoms with Crippen LogP contribution in [-0.2, 0) is 6.61 Å². The average Bonchev–Trinajstić information content (AvgIpc) is 3.10. The molecule has 1 aliphatic heterocycles. The normalized spacial score (nSPS) is 12.1. The van der Waals surface area contributed by atoms with E-state index < -0.39 is 0 Å². The molecule has 1 aliphatic rings. The zero-order chi connectivity index (χ0) is 18.3. The van der Waals surface area contributed by atoms with Gasteiger partial charge in [-0.3, -0.25) is 4.79 Å². The van der Waals surface area contributed by atoms with Crippen molar-refractivity contribution in [2.24, 2.45) is 0 Å². The number of amides is 1. The summed E-state index contributed by atoms with van der Waals surface area (Å²) in [4.78, 5) is 16.9. The van der Waals surface area contributed by atoms with Crippen LogP contribution in [0.25, 0.3) is 10.4 Å². The van der Waals surface area contributed by atoms with Crippen LogP contribution in [0.5, 0.6) is 5.75 Å². The van der Waals surface area contributed by atoms with E-state index in [0.29, 0.717) is 13.2 Å². The Kier molecular flexibility index (Phi) is 4.29. The predicted octanol–water partition coefficient (Wildman–Crippen LogP) is 5.59. The highest BCUT2D eigenvalue weighted by Gasteiger charge is 2.25. The van der Waals surface area contributed by atoms with Gasteiger partial charge in [-0.2, -0.15) is 0 Å². The van der Waals surface area contributed by atoms with Gasteiger partial charge in [0.15, 0.2) is 0 Å². The summed E-state index contributed by atoms with van der Waals surface area (Å²) >= 11 is 1.56. The Balaban J connectivity index is 1.71. The number of carbonyl (C=O) groups is 1. The molecule has 0 unspecified atom stereocenters. The number of benzene rings is 2. The summed E-state index contributed by atoms with van der Waals surface area (Å²) in [6.45, 7) is 7.33. The summed E-state index contributed by atoms with van der Waals surface area (Å²) in [6, 6.07) is 16.2. The van der Waals surface area contributed by atoms with E-state index in [1.165, 1.54) is 11.1 Å². The fourth-order valence-electron chi connectivity index (χ4n) is 3.27. The lowest BCUT2D eigenvalue weighted by atomic mass is 10.1. The molecule has 3 aromatic rings. The molecule has 1 aromatic heterocycles. The van der Waals surface area contributed by atoms with Crippen LogP contribution in [0.15, 0.2) is 48.5 Å². The third-order valence-corrected chi connectivity index (χ3v) is 6.10. The lowest BCUT2D eigenvalue weighted by Crippen LogP contribution is -2.30. The third-order valence-electron chi connectivity index (χ3n) is 4.90. The van der Waals surface area contributed by atoms with Crippen molar-refractivity contribution in [1.29, 1.82) is 0 Å². The second-order valence-corrected chi connectivity index (χ2v) is 7.62. The zero-order valence-electron chi connectivity index (χ0n) is 15.2. The van der Waals surface area contributed by atoms with Gasteiger partial charge in [-0.15, -0.1) is 11.3 Å². The maximum absolute atomic E-state index is 13.2. The van der Waals surface area contributed by atoms with Crippen LogP contribution in [0.3, 0.4) is 0 Å². The molecule has 0 spiro atoms. The highest BCUT2D eigenvalue weighted by Crippen LogP contribution is 2.42. The molecule has 0 saturated heterocycles. The van der Waals surface area contributed by atoms with Crippen LogP contribution in [0, 0.1) is 13.8 Å². The second kappa shape index (κ2) is 6.61. The number of anilines is 1. The predicted molar refractivity (Wildman–Crippen MR) is 107 cm³/mol. The minimum absolute atomic E-state index is 0.0487. The SMILES string of the molecule is CCN(C(=O)c1cc2c(s1)-c1ccccc1OC2)c1ccc(C)c(C)c1. The topological polar surface area (TPSA) is 29.5 Å². The summed E-state index contributed by atoms with van der Waals surface area (Å²) < 4.78 is 5.83. The number of para-hydroxylation sites is 1. The Morgan fingerprint density at radius 1 is 1.12 bits per heavy atom. The number of thiophene rings is 1. The van der Waals surface area contributed by atoms with Crippen molar-refractivity contribution in [1.82, 2.24) is 0 Å². The number of hydrogen-bond acceptors (Lipinski definition) is 3. The van der Waals surface area contributed by atoms with Gasteiger partial charge >= 0.3 is 0 Å². The van der Waals surface area contributed by atoms with Crippen molar-refractivity contribution in [3.63, 3.8) is 0 Å². The fraction of sp³-hybridized carbons (Fsp3) is 0.227. The maximum atomic E-state index is 13.2. The van der Waals surface area contributed by atoms with Crippen molar-refractivity contribution in [3.05, 3.63) is 70.1 Å². The first-order chi connectivity index (χ1) is 12.6. The van der Waals surface area contributed by atoms with Crippen molar-refractivity contribution < 1.29 is 9.53 Å².